The highest BCUT2D eigenvalue weighted by Crippen LogP contribution is 2.50. The van der Waals surface area contributed by atoms with Gasteiger partial charge in [-0.15, -0.1) is 0 Å². The fourth-order valence-corrected chi connectivity index (χ4v) is 4.68. The Morgan fingerprint density at radius 3 is 2.78 bits per heavy atom. The van der Waals surface area contributed by atoms with Crippen molar-refractivity contribution in [1.29, 1.82) is 0 Å². The maximum Gasteiger partial charge on any atom is 0.179 e. The molecule has 0 aromatic heterocycles. The summed E-state index contributed by atoms with van der Waals surface area (Å²) >= 11 is 6.48. The summed E-state index contributed by atoms with van der Waals surface area (Å²) in [5, 5.41) is 4.31. The van der Waals surface area contributed by atoms with Crippen LogP contribution in [0.1, 0.15) is 48.6 Å². The molecule has 4 nitrogen and oxygen atoms in total. The summed E-state index contributed by atoms with van der Waals surface area (Å²) in [6.45, 7) is 3.00. The molecule has 0 spiro atoms. The van der Waals surface area contributed by atoms with Crippen LogP contribution >= 0.6 is 11.6 Å². The van der Waals surface area contributed by atoms with E-state index in [0.717, 1.165) is 37.1 Å². The number of methoxy groups -OCH3 is 2. The fourth-order valence-electron chi connectivity index (χ4n) is 4.39. The third-order valence-corrected chi connectivity index (χ3v) is 6.03. The molecule has 4 rings (SSSR count). The quantitative estimate of drug-likeness (QED) is 0.746. The van der Waals surface area contributed by atoms with Gasteiger partial charge in [-0.1, -0.05) is 30.7 Å². The van der Waals surface area contributed by atoms with Gasteiger partial charge in [0.25, 0.3) is 0 Å². The Bertz CT molecular complexity index is 839. The minimum Gasteiger partial charge on any atom is -0.493 e. The van der Waals surface area contributed by atoms with Gasteiger partial charge in [-0.05, 0) is 48.6 Å². The molecule has 2 aliphatic heterocycles. The second kappa shape index (κ2) is 7.61. The Kier molecular flexibility index (Phi) is 5.20. The maximum atomic E-state index is 6.48. The number of fused-ring (bicyclic) bond motifs is 3. The molecule has 0 saturated carbocycles. The van der Waals surface area contributed by atoms with E-state index in [4.69, 9.17) is 25.8 Å². The number of anilines is 1. The van der Waals surface area contributed by atoms with Gasteiger partial charge in [0.2, 0.25) is 0 Å². The van der Waals surface area contributed by atoms with Crippen molar-refractivity contribution in [2.75, 3.05) is 26.1 Å². The van der Waals surface area contributed by atoms with E-state index in [9.17, 15) is 0 Å². The maximum absolute atomic E-state index is 6.48. The predicted molar refractivity (Wildman–Crippen MR) is 108 cm³/mol. The van der Waals surface area contributed by atoms with E-state index in [1.807, 2.05) is 12.1 Å². The van der Waals surface area contributed by atoms with Crippen LogP contribution in [0.15, 0.2) is 30.3 Å². The Hall–Kier alpha value is -1.91. The molecule has 5 heteroatoms. The van der Waals surface area contributed by atoms with Gasteiger partial charge in [-0.3, -0.25) is 0 Å². The third kappa shape index (κ3) is 3.26. The highest BCUT2D eigenvalue weighted by Gasteiger charge is 2.40. The summed E-state index contributed by atoms with van der Waals surface area (Å²) < 4.78 is 17.2. The zero-order valence-electron chi connectivity index (χ0n) is 16.0. The molecule has 2 aromatic carbocycles. The highest BCUT2D eigenvalue weighted by atomic mass is 35.5. The average Bonchev–Trinajstić information content (AvgIpc) is 2.72. The number of ether oxygens (including phenoxy) is 3. The Balaban J connectivity index is 1.78. The van der Waals surface area contributed by atoms with Crippen LogP contribution in [0, 0.1) is 5.92 Å². The topological polar surface area (TPSA) is 39.7 Å². The normalized spacial score (nSPS) is 23.8. The molecule has 1 saturated heterocycles. The van der Waals surface area contributed by atoms with Crippen LogP contribution in [0.4, 0.5) is 5.69 Å². The van der Waals surface area contributed by atoms with E-state index in [0.29, 0.717) is 22.4 Å². The summed E-state index contributed by atoms with van der Waals surface area (Å²) in [5.74, 6) is 1.58. The summed E-state index contributed by atoms with van der Waals surface area (Å²) in [4.78, 5) is 0. The Labute approximate surface area is 165 Å². The molecule has 0 radical (unpaired) electrons. The molecule has 2 aromatic rings. The predicted octanol–water partition coefficient (Wildman–Crippen LogP) is 5.55. The largest absolute Gasteiger partial charge is 0.493 e. The molecule has 0 aliphatic carbocycles. The van der Waals surface area contributed by atoms with Crippen LogP contribution in [0.25, 0.3) is 0 Å². The second-order valence-corrected chi connectivity index (χ2v) is 7.64. The van der Waals surface area contributed by atoms with Crippen LogP contribution < -0.4 is 14.8 Å². The highest BCUT2D eigenvalue weighted by molar-refractivity contribution is 6.32. The van der Waals surface area contributed by atoms with Gasteiger partial charge in [0.15, 0.2) is 11.5 Å². The van der Waals surface area contributed by atoms with Crippen LogP contribution in [-0.4, -0.2) is 20.8 Å². The molecule has 144 valence electrons. The first-order valence-electron chi connectivity index (χ1n) is 9.58. The molecular formula is C22H26ClNO3. The van der Waals surface area contributed by atoms with E-state index >= 15 is 0 Å². The first kappa shape index (κ1) is 18.5. The van der Waals surface area contributed by atoms with Crippen molar-refractivity contribution >= 4 is 17.3 Å². The number of hydrogen-bond acceptors (Lipinski definition) is 4. The van der Waals surface area contributed by atoms with E-state index in [2.05, 4.69) is 30.4 Å². The van der Waals surface area contributed by atoms with Gasteiger partial charge >= 0.3 is 0 Å². The number of rotatable bonds is 4. The number of hydrogen-bond donors (Lipinski definition) is 1. The van der Waals surface area contributed by atoms with E-state index in [1.54, 1.807) is 14.2 Å². The SMILES string of the molecule is CCc1ccc2c(c1)[C@H]1OCCC[C@H]1[C@@H](c1cc(Cl)c(OC)c(OC)c1)N2. The summed E-state index contributed by atoms with van der Waals surface area (Å²) in [6.07, 6.45) is 3.32. The van der Waals surface area contributed by atoms with Gasteiger partial charge in [-0.2, -0.15) is 0 Å². The smallest absolute Gasteiger partial charge is 0.179 e. The van der Waals surface area contributed by atoms with Crippen molar-refractivity contribution in [1.82, 2.24) is 0 Å². The molecule has 3 atom stereocenters. The van der Waals surface area contributed by atoms with E-state index in [-0.39, 0.29) is 12.1 Å². The van der Waals surface area contributed by atoms with Crippen molar-refractivity contribution in [3.8, 4) is 11.5 Å². The van der Waals surface area contributed by atoms with E-state index in [1.165, 1.54) is 11.1 Å². The van der Waals surface area contributed by atoms with Gasteiger partial charge < -0.3 is 19.5 Å². The fraction of sp³-hybridized carbons (Fsp3) is 0.455. The molecule has 1 fully saturated rings. The molecule has 2 heterocycles. The zero-order chi connectivity index (χ0) is 19.0. The number of aryl methyl sites for hydroxylation is 1. The lowest BCUT2D eigenvalue weighted by Crippen LogP contribution is -2.36. The number of nitrogens with one attached hydrogen (secondary N) is 1. The molecule has 27 heavy (non-hydrogen) atoms. The lowest BCUT2D eigenvalue weighted by atomic mass is 9.77. The van der Waals surface area contributed by atoms with E-state index < -0.39 is 0 Å². The van der Waals surface area contributed by atoms with Gasteiger partial charge in [0, 0.05) is 23.8 Å². The van der Waals surface area contributed by atoms with Crippen LogP contribution in [0.2, 0.25) is 5.02 Å². The first-order chi connectivity index (χ1) is 13.2. The van der Waals surface area contributed by atoms with Gasteiger partial charge in [-0.25, -0.2) is 0 Å². The summed E-state index contributed by atoms with van der Waals surface area (Å²) in [5.41, 5.74) is 4.87. The van der Waals surface area contributed by atoms with Crippen molar-refractivity contribution in [2.45, 2.75) is 38.3 Å². The zero-order valence-corrected chi connectivity index (χ0v) is 16.8. The lowest BCUT2D eigenvalue weighted by Gasteiger charge is -2.43. The van der Waals surface area contributed by atoms with Crippen LogP contribution in [0.5, 0.6) is 11.5 Å². The van der Waals surface area contributed by atoms with Crippen molar-refractivity contribution < 1.29 is 14.2 Å². The van der Waals surface area contributed by atoms with Gasteiger partial charge in [0.1, 0.15) is 0 Å². The molecular weight excluding hydrogens is 362 g/mol. The molecule has 0 unspecified atom stereocenters. The lowest BCUT2D eigenvalue weighted by molar-refractivity contribution is -0.0381. The van der Waals surface area contributed by atoms with Gasteiger partial charge in [0.05, 0.1) is 31.4 Å². The number of benzene rings is 2. The number of halogens is 1. The monoisotopic (exact) mass is 387 g/mol. The molecule has 1 N–H and O–H groups in total. The standard InChI is InChI=1S/C22H26ClNO3/c1-4-13-7-8-18-16(10-13)21-15(6-5-9-27-21)20(24-18)14-11-17(23)22(26-3)19(12-14)25-2/h7-8,10-12,15,20-21,24H,4-6,9H2,1-3H3/t15-,20+,21-/m0/s1. The van der Waals surface area contributed by atoms with Crippen LogP contribution in [0.3, 0.4) is 0 Å². The Morgan fingerprint density at radius 1 is 1.19 bits per heavy atom. The minimum absolute atomic E-state index is 0.110. The minimum atomic E-state index is 0.110. The van der Waals surface area contributed by atoms with Crippen molar-refractivity contribution in [2.24, 2.45) is 5.92 Å². The second-order valence-electron chi connectivity index (χ2n) is 7.23. The third-order valence-electron chi connectivity index (χ3n) is 5.75. The Morgan fingerprint density at radius 2 is 2.04 bits per heavy atom. The average molecular weight is 388 g/mol. The summed E-state index contributed by atoms with van der Waals surface area (Å²) in [7, 11) is 3.25. The van der Waals surface area contributed by atoms with Crippen molar-refractivity contribution in [3.05, 3.63) is 52.0 Å². The summed E-state index contributed by atoms with van der Waals surface area (Å²) in [6, 6.07) is 10.8. The van der Waals surface area contributed by atoms with Crippen molar-refractivity contribution in [3.63, 3.8) is 0 Å². The molecule has 2 aliphatic rings. The molecule has 0 amide bonds. The first-order valence-corrected chi connectivity index (χ1v) is 9.96. The molecule has 0 bridgehead atoms. The van der Waals surface area contributed by atoms with Crippen LogP contribution in [-0.2, 0) is 11.2 Å².